The summed E-state index contributed by atoms with van der Waals surface area (Å²) >= 11 is 0. The second-order valence-corrected chi connectivity index (χ2v) is 12.8. The van der Waals surface area contributed by atoms with Gasteiger partial charge in [0.2, 0.25) is 11.4 Å². The number of aliphatic imine (C=N–C) groups is 2. The summed E-state index contributed by atoms with van der Waals surface area (Å²) in [5, 5.41) is 7.04. The third-order valence-electron chi connectivity index (χ3n) is 6.60. The Kier molecular flexibility index (Phi) is 13.9. The number of benzene rings is 2. The first-order valence-electron chi connectivity index (χ1n) is 14.7. The van der Waals surface area contributed by atoms with Crippen molar-refractivity contribution in [2.75, 3.05) is 10.6 Å². The van der Waals surface area contributed by atoms with Crippen molar-refractivity contribution in [1.29, 1.82) is 0 Å². The van der Waals surface area contributed by atoms with Crippen molar-refractivity contribution in [1.82, 2.24) is 0 Å². The molecule has 1 aliphatic heterocycles. The molecule has 0 saturated carbocycles. The quantitative estimate of drug-likeness (QED) is 0.206. The van der Waals surface area contributed by atoms with Gasteiger partial charge in [-0.1, -0.05) is 12.1 Å². The van der Waals surface area contributed by atoms with E-state index in [1.807, 2.05) is 37.0 Å². The fourth-order valence-electron chi connectivity index (χ4n) is 4.81. The average molecular weight is 728 g/mol. The predicted octanol–water partition coefficient (Wildman–Crippen LogP) is -2.46. The van der Waals surface area contributed by atoms with E-state index >= 15 is 0 Å². The molecule has 0 amide bonds. The summed E-state index contributed by atoms with van der Waals surface area (Å²) in [5.41, 5.74) is 12.3. The highest BCUT2D eigenvalue weighted by atomic mass is 35.7. The molecular formula is C34H36Cl2N6O8. The molecule has 4 aromatic rings. The molecule has 264 valence electrons. The van der Waals surface area contributed by atoms with Crippen LogP contribution in [0.5, 0.6) is 0 Å². The normalized spacial score (nSPS) is 15.1. The summed E-state index contributed by atoms with van der Waals surface area (Å²) in [7, 11) is -9.89. The Balaban J connectivity index is 0.000000595. The average Bonchev–Trinajstić information content (AvgIpc) is 2.95. The lowest BCUT2D eigenvalue weighted by Gasteiger charge is -2.17. The second kappa shape index (κ2) is 17.4. The van der Waals surface area contributed by atoms with E-state index < -0.39 is 20.5 Å². The van der Waals surface area contributed by atoms with Crippen LogP contribution >= 0.6 is 0 Å². The molecule has 14 nitrogen and oxygen atoms in total. The molecule has 3 heterocycles. The van der Waals surface area contributed by atoms with E-state index in [2.05, 4.69) is 122 Å². The Morgan fingerprint density at radius 3 is 1.06 bits per heavy atom. The van der Waals surface area contributed by atoms with Crippen LogP contribution in [0.4, 0.5) is 22.7 Å². The summed E-state index contributed by atoms with van der Waals surface area (Å²) in [4.78, 5) is 9.89. The maximum Gasteiger partial charge on any atom is 0.245 e. The Morgan fingerprint density at radius 1 is 0.460 bits per heavy atom. The van der Waals surface area contributed by atoms with Gasteiger partial charge in [-0.15, -0.1) is 20.5 Å². The molecule has 0 unspecified atom stereocenters. The van der Waals surface area contributed by atoms with Crippen LogP contribution in [-0.4, -0.2) is 12.4 Å². The lowest BCUT2D eigenvalue weighted by Crippen LogP contribution is -2.68. The summed E-state index contributed by atoms with van der Waals surface area (Å²) in [5.74, 6) is 0. The van der Waals surface area contributed by atoms with Gasteiger partial charge in [0.1, 0.15) is 12.4 Å². The van der Waals surface area contributed by atoms with Gasteiger partial charge in [-0.3, -0.25) is 0 Å². The van der Waals surface area contributed by atoms with Gasteiger partial charge < -0.3 is 10.6 Å². The lowest BCUT2D eigenvalue weighted by atomic mass is 10.2. The molecule has 0 saturated heterocycles. The van der Waals surface area contributed by atoms with Gasteiger partial charge in [0.05, 0.1) is 35.1 Å². The highest BCUT2D eigenvalue weighted by Crippen LogP contribution is 2.28. The molecule has 5 rings (SSSR count). The highest BCUT2D eigenvalue weighted by Gasteiger charge is 2.14. The minimum Gasteiger partial charge on any atom is -0.354 e. The van der Waals surface area contributed by atoms with Gasteiger partial charge in [0.25, 0.3) is 0 Å². The molecule has 2 aromatic carbocycles. The third-order valence-corrected chi connectivity index (χ3v) is 6.60. The van der Waals surface area contributed by atoms with Crippen molar-refractivity contribution in [3.05, 3.63) is 119 Å². The minimum atomic E-state index is -4.94. The monoisotopic (exact) mass is 726 g/mol. The molecule has 0 spiro atoms. The Morgan fingerprint density at radius 2 is 0.760 bits per heavy atom. The van der Waals surface area contributed by atoms with E-state index in [4.69, 9.17) is 47.3 Å². The molecule has 0 atom stereocenters. The van der Waals surface area contributed by atoms with E-state index in [9.17, 15) is 0 Å². The summed E-state index contributed by atoms with van der Waals surface area (Å²) < 4.78 is 72.1. The smallest absolute Gasteiger partial charge is 0.245 e. The first-order valence-corrected chi connectivity index (χ1v) is 17.2. The highest BCUT2D eigenvalue weighted by molar-refractivity contribution is 6.02. The summed E-state index contributed by atoms with van der Waals surface area (Å²) in [6, 6.07) is 16.8. The number of anilines is 2. The first kappa shape index (κ1) is 39.9. The van der Waals surface area contributed by atoms with Crippen LogP contribution < -0.4 is 57.0 Å². The molecule has 0 bridgehead atoms. The van der Waals surface area contributed by atoms with Crippen LogP contribution in [0.15, 0.2) is 95.7 Å². The topological polar surface area (TPSA) is 241 Å². The number of halogens is 2. The fourth-order valence-corrected chi connectivity index (χ4v) is 4.81. The van der Waals surface area contributed by atoms with Gasteiger partial charge in [0.15, 0.2) is 24.8 Å². The number of aryl methyl sites for hydroxylation is 6. The van der Waals surface area contributed by atoms with Crippen LogP contribution in [0.2, 0.25) is 0 Å². The van der Waals surface area contributed by atoms with Crippen molar-refractivity contribution in [3.8, 4) is 0 Å². The van der Waals surface area contributed by atoms with Gasteiger partial charge in [-0.25, -0.2) is 47.3 Å². The summed E-state index contributed by atoms with van der Waals surface area (Å²) in [6.45, 7) is 12.6. The standard InChI is InChI=1S/C34H36N6.2ClHO4/c1-23-7-9-31-33(13-23)37-17-29(39-19-25(3)11-26(4)20-39)16-36-32-10-8-24(2)14-34(32)38-18-30(15-35-31)40-21-27(5)12-28(6)22-40;2*2-1(3,4)5/h7-22,37-38H,1-6H3;2*(H,2,3,4,5)/q+2;;/p-2/b29-17+,30-18+,35-15?,36-16?;;. The van der Waals surface area contributed by atoms with E-state index in [0.717, 1.165) is 45.3 Å². The molecule has 2 N–H and O–H groups in total. The van der Waals surface area contributed by atoms with Crippen LogP contribution in [0.3, 0.4) is 0 Å². The number of hydrogen-bond donors (Lipinski definition) is 2. The van der Waals surface area contributed by atoms with E-state index in [0.29, 0.717) is 0 Å². The van der Waals surface area contributed by atoms with Crippen molar-refractivity contribution in [2.24, 2.45) is 9.98 Å². The second-order valence-electron chi connectivity index (χ2n) is 11.3. The number of allylic oxidation sites excluding steroid dienone is 2. The van der Waals surface area contributed by atoms with E-state index in [1.165, 1.54) is 22.3 Å². The fraction of sp³-hybridized carbons (Fsp3) is 0.176. The zero-order valence-electron chi connectivity index (χ0n) is 28.0. The number of fused-ring (bicyclic) bond motifs is 2. The van der Waals surface area contributed by atoms with Gasteiger partial charge in [-0.2, -0.15) is 9.13 Å². The Hall–Kier alpha value is -4.58. The number of pyridine rings is 2. The predicted molar refractivity (Wildman–Crippen MR) is 167 cm³/mol. The van der Waals surface area contributed by atoms with Gasteiger partial charge >= 0.3 is 0 Å². The van der Waals surface area contributed by atoms with Gasteiger partial charge in [-0.05, 0) is 89.1 Å². The van der Waals surface area contributed by atoms with E-state index in [1.54, 1.807) is 0 Å². The largest absolute Gasteiger partial charge is 0.354 e. The van der Waals surface area contributed by atoms with Crippen molar-refractivity contribution in [2.45, 2.75) is 41.5 Å². The van der Waals surface area contributed by atoms with Crippen LogP contribution in [0.25, 0.3) is 11.4 Å². The van der Waals surface area contributed by atoms with Crippen molar-refractivity contribution < 1.29 is 66.9 Å². The molecular weight excluding hydrogens is 691 g/mol. The number of nitrogens with zero attached hydrogens (tertiary/aromatic N) is 4. The number of nitrogens with one attached hydrogen (secondary N) is 2. The molecule has 1 aliphatic rings. The van der Waals surface area contributed by atoms with Crippen molar-refractivity contribution in [3.63, 3.8) is 0 Å². The van der Waals surface area contributed by atoms with Crippen molar-refractivity contribution >= 4 is 46.6 Å². The lowest BCUT2D eigenvalue weighted by molar-refractivity contribution is -2.00. The number of rotatable bonds is 2. The number of aromatic nitrogens is 2. The zero-order valence-corrected chi connectivity index (χ0v) is 29.6. The SMILES string of the molecule is Cc1ccc2c(c1)N/C=C(/[n+]1cc(C)cc(C)c1)C=Nc1ccc(C)cc1N/C=C(/[n+]1cc(C)cc(C)c1)C=N2.[O-][Cl+3]([O-])([O-])[O-].[O-][Cl+3]([O-])([O-])[O-]. The maximum atomic E-state index is 8.49. The van der Waals surface area contributed by atoms with Crippen LogP contribution in [0, 0.1) is 62.0 Å². The van der Waals surface area contributed by atoms with E-state index in [-0.39, 0.29) is 0 Å². The molecule has 0 radical (unpaired) electrons. The third kappa shape index (κ3) is 14.5. The van der Waals surface area contributed by atoms with Crippen LogP contribution in [-0.2, 0) is 0 Å². The molecule has 16 heteroatoms. The number of hydrogen-bond acceptors (Lipinski definition) is 12. The molecule has 0 fully saturated rings. The van der Waals surface area contributed by atoms with Gasteiger partial charge in [0, 0.05) is 22.3 Å². The Bertz CT molecular complexity index is 1740. The Labute approximate surface area is 294 Å². The molecule has 2 aromatic heterocycles. The molecule has 50 heavy (non-hydrogen) atoms. The molecule has 0 aliphatic carbocycles. The maximum absolute atomic E-state index is 8.49. The minimum absolute atomic E-state index is 0.841. The first-order chi connectivity index (χ1) is 23.2. The summed E-state index contributed by atoms with van der Waals surface area (Å²) in [6.07, 6.45) is 16.2. The van der Waals surface area contributed by atoms with Crippen LogP contribution in [0.1, 0.15) is 33.4 Å². The zero-order chi connectivity index (χ0) is 37.2.